The number of carbonyl (C=O) groups is 1. The van der Waals surface area contributed by atoms with Gasteiger partial charge in [-0.15, -0.1) is 0 Å². The largest absolute Gasteiger partial charge is 0.519 e. The van der Waals surface area contributed by atoms with Gasteiger partial charge >= 0.3 is 6.16 Å². The highest BCUT2D eigenvalue weighted by molar-refractivity contribution is 5.70. The Bertz CT molecular complexity index is 933. The molecule has 6 heteroatoms. The average Bonchev–Trinajstić information content (AvgIpc) is 2.78. The fourth-order valence-corrected chi connectivity index (χ4v) is 3.36. The number of para-hydroxylation sites is 2. The SMILES string of the molecule is CC(C)CCCC(CNc1ccccc1OC(=O)Oc1cncnc1)c1ccccc1. The summed E-state index contributed by atoms with van der Waals surface area (Å²) in [4.78, 5) is 19.8. The van der Waals surface area contributed by atoms with Gasteiger partial charge in [-0.1, -0.05) is 69.2 Å². The number of benzene rings is 2. The number of ether oxygens (including phenoxy) is 2. The molecule has 0 aliphatic rings. The van der Waals surface area contributed by atoms with E-state index in [0.29, 0.717) is 17.6 Å². The second-order valence-electron chi connectivity index (χ2n) is 7.84. The van der Waals surface area contributed by atoms with E-state index in [2.05, 4.69) is 53.4 Å². The van der Waals surface area contributed by atoms with Gasteiger partial charge < -0.3 is 14.8 Å². The molecule has 1 atom stereocenters. The van der Waals surface area contributed by atoms with Crippen molar-refractivity contribution in [1.82, 2.24) is 9.97 Å². The maximum atomic E-state index is 12.2. The molecule has 2 aromatic carbocycles. The number of hydrogen-bond donors (Lipinski definition) is 1. The van der Waals surface area contributed by atoms with Gasteiger partial charge in [0.05, 0.1) is 18.1 Å². The Morgan fingerprint density at radius 2 is 1.65 bits per heavy atom. The van der Waals surface area contributed by atoms with Crippen molar-refractivity contribution in [2.24, 2.45) is 5.92 Å². The number of aromatic nitrogens is 2. The molecular formula is C25H29N3O3. The molecule has 1 unspecified atom stereocenters. The summed E-state index contributed by atoms with van der Waals surface area (Å²) in [5, 5.41) is 3.46. The van der Waals surface area contributed by atoms with Crippen LogP contribution < -0.4 is 14.8 Å². The predicted molar refractivity (Wildman–Crippen MR) is 121 cm³/mol. The van der Waals surface area contributed by atoms with E-state index in [4.69, 9.17) is 9.47 Å². The zero-order chi connectivity index (χ0) is 21.9. The van der Waals surface area contributed by atoms with Crippen LogP contribution in [0.25, 0.3) is 0 Å². The Kier molecular flexibility index (Phi) is 8.40. The van der Waals surface area contributed by atoms with Crippen LogP contribution in [-0.2, 0) is 0 Å². The second-order valence-corrected chi connectivity index (χ2v) is 7.84. The van der Waals surface area contributed by atoms with E-state index in [1.807, 2.05) is 24.3 Å². The molecule has 1 aromatic heterocycles. The lowest BCUT2D eigenvalue weighted by Crippen LogP contribution is -2.17. The molecular weight excluding hydrogens is 390 g/mol. The van der Waals surface area contributed by atoms with Gasteiger partial charge in [-0.3, -0.25) is 0 Å². The van der Waals surface area contributed by atoms with Crippen LogP contribution in [0.2, 0.25) is 0 Å². The van der Waals surface area contributed by atoms with Crippen molar-refractivity contribution in [3.05, 3.63) is 78.9 Å². The van der Waals surface area contributed by atoms with E-state index >= 15 is 0 Å². The summed E-state index contributed by atoms with van der Waals surface area (Å²) in [6.45, 7) is 5.25. The van der Waals surface area contributed by atoms with Crippen molar-refractivity contribution >= 4 is 11.8 Å². The first-order valence-electron chi connectivity index (χ1n) is 10.6. The standard InChI is InChI=1S/C25H29N3O3/c1-19(2)9-8-12-21(20-10-4-3-5-11-20)15-28-23-13-6-7-14-24(23)31-25(29)30-22-16-26-18-27-17-22/h3-7,10-11,13-14,16-19,21,28H,8-9,12,15H2,1-2H3. The molecule has 31 heavy (non-hydrogen) atoms. The third-order valence-corrected chi connectivity index (χ3v) is 4.96. The summed E-state index contributed by atoms with van der Waals surface area (Å²) in [7, 11) is 0. The summed E-state index contributed by atoms with van der Waals surface area (Å²) in [6, 6.07) is 17.9. The van der Waals surface area contributed by atoms with Gasteiger partial charge in [0.2, 0.25) is 0 Å². The highest BCUT2D eigenvalue weighted by atomic mass is 16.7. The fraction of sp³-hybridized carbons (Fsp3) is 0.320. The molecule has 1 N–H and O–H groups in total. The van der Waals surface area contributed by atoms with Gasteiger partial charge in [-0.25, -0.2) is 14.8 Å². The number of nitrogens with one attached hydrogen (secondary N) is 1. The Balaban J connectivity index is 1.64. The molecule has 3 rings (SSSR count). The van der Waals surface area contributed by atoms with Crippen LogP contribution in [0.1, 0.15) is 44.6 Å². The summed E-state index contributed by atoms with van der Waals surface area (Å²) in [5.41, 5.74) is 2.05. The molecule has 1 heterocycles. The molecule has 0 saturated carbocycles. The van der Waals surface area contributed by atoms with E-state index in [1.54, 1.807) is 6.07 Å². The van der Waals surface area contributed by atoms with Gasteiger partial charge in [0.1, 0.15) is 6.33 Å². The molecule has 0 saturated heterocycles. The maximum absolute atomic E-state index is 12.2. The molecule has 0 fully saturated rings. The maximum Gasteiger partial charge on any atom is 0.519 e. The van der Waals surface area contributed by atoms with Gasteiger partial charge in [-0.05, 0) is 30.0 Å². The summed E-state index contributed by atoms with van der Waals surface area (Å²) >= 11 is 0. The minimum atomic E-state index is -0.833. The van der Waals surface area contributed by atoms with Crippen LogP contribution in [-0.4, -0.2) is 22.7 Å². The highest BCUT2D eigenvalue weighted by Gasteiger charge is 2.15. The minimum Gasteiger partial charge on any atom is -0.392 e. The summed E-state index contributed by atoms with van der Waals surface area (Å²) in [6.07, 6.45) is 6.80. The minimum absolute atomic E-state index is 0.229. The first-order valence-corrected chi connectivity index (χ1v) is 10.6. The van der Waals surface area contributed by atoms with Crippen LogP contribution in [0.3, 0.4) is 0 Å². The first kappa shape index (κ1) is 22.3. The van der Waals surface area contributed by atoms with Crippen molar-refractivity contribution in [2.75, 3.05) is 11.9 Å². The van der Waals surface area contributed by atoms with E-state index in [1.165, 1.54) is 37.1 Å². The predicted octanol–water partition coefficient (Wildman–Crippen LogP) is 6.08. The lowest BCUT2D eigenvalue weighted by Gasteiger charge is -2.20. The fourth-order valence-electron chi connectivity index (χ4n) is 3.36. The second kappa shape index (κ2) is 11.7. The molecule has 3 aromatic rings. The lowest BCUT2D eigenvalue weighted by atomic mass is 9.92. The Morgan fingerprint density at radius 3 is 2.39 bits per heavy atom. The molecule has 162 valence electrons. The highest BCUT2D eigenvalue weighted by Crippen LogP contribution is 2.28. The third-order valence-electron chi connectivity index (χ3n) is 4.96. The van der Waals surface area contributed by atoms with Crippen LogP contribution >= 0.6 is 0 Å². The Labute approximate surface area is 183 Å². The van der Waals surface area contributed by atoms with Crippen LogP contribution in [0, 0.1) is 5.92 Å². The molecule has 0 aliphatic carbocycles. The van der Waals surface area contributed by atoms with Gasteiger partial charge in [0.25, 0.3) is 0 Å². The molecule has 0 radical (unpaired) electrons. The van der Waals surface area contributed by atoms with Crippen LogP contribution in [0.15, 0.2) is 73.3 Å². The van der Waals surface area contributed by atoms with E-state index in [-0.39, 0.29) is 5.75 Å². The first-order chi connectivity index (χ1) is 15.1. The molecule has 0 aliphatic heterocycles. The van der Waals surface area contributed by atoms with E-state index in [0.717, 1.165) is 18.7 Å². The number of hydrogen-bond acceptors (Lipinski definition) is 6. The smallest absolute Gasteiger partial charge is 0.392 e. The lowest BCUT2D eigenvalue weighted by molar-refractivity contribution is 0.151. The van der Waals surface area contributed by atoms with Crippen molar-refractivity contribution < 1.29 is 14.3 Å². The number of nitrogens with zero attached hydrogens (tertiary/aromatic N) is 2. The van der Waals surface area contributed by atoms with Crippen molar-refractivity contribution in [3.8, 4) is 11.5 Å². The molecule has 0 bridgehead atoms. The third kappa shape index (κ3) is 7.41. The van der Waals surface area contributed by atoms with Gasteiger partial charge in [-0.2, -0.15) is 0 Å². The van der Waals surface area contributed by atoms with E-state index < -0.39 is 6.16 Å². The number of anilines is 1. The van der Waals surface area contributed by atoms with Gasteiger partial charge in [0.15, 0.2) is 11.5 Å². The Morgan fingerprint density at radius 1 is 0.935 bits per heavy atom. The molecule has 0 amide bonds. The van der Waals surface area contributed by atoms with Crippen molar-refractivity contribution in [1.29, 1.82) is 0 Å². The quantitative estimate of drug-likeness (QED) is 0.317. The van der Waals surface area contributed by atoms with Crippen LogP contribution in [0.5, 0.6) is 11.5 Å². The zero-order valence-corrected chi connectivity index (χ0v) is 18.0. The average molecular weight is 420 g/mol. The summed E-state index contributed by atoms with van der Waals surface area (Å²) in [5.74, 6) is 1.70. The topological polar surface area (TPSA) is 73.3 Å². The summed E-state index contributed by atoms with van der Waals surface area (Å²) < 4.78 is 10.6. The van der Waals surface area contributed by atoms with Crippen molar-refractivity contribution in [2.45, 2.75) is 39.0 Å². The van der Waals surface area contributed by atoms with Gasteiger partial charge in [0, 0.05) is 12.5 Å². The zero-order valence-electron chi connectivity index (χ0n) is 18.0. The molecule has 6 nitrogen and oxygen atoms in total. The Hall–Kier alpha value is -3.41. The number of carbonyl (C=O) groups excluding carboxylic acids is 1. The normalized spacial score (nSPS) is 11.7. The van der Waals surface area contributed by atoms with E-state index in [9.17, 15) is 4.79 Å². The van der Waals surface area contributed by atoms with Crippen molar-refractivity contribution in [3.63, 3.8) is 0 Å². The van der Waals surface area contributed by atoms with Crippen LogP contribution in [0.4, 0.5) is 10.5 Å². The molecule has 0 spiro atoms. The number of rotatable bonds is 10. The monoisotopic (exact) mass is 419 g/mol.